The topological polar surface area (TPSA) is 27.1 Å². The summed E-state index contributed by atoms with van der Waals surface area (Å²) >= 11 is 5.85. The third-order valence-electron chi connectivity index (χ3n) is 2.45. The first kappa shape index (κ1) is 11.9. The second-order valence-electron chi connectivity index (χ2n) is 3.68. The first-order valence-electron chi connectivity index (χ1n) is 5.13. The summed E-state index contributed by atoms with van der Waals surface area (Å²) in [7, 11) is 1.78. The molecule has 0 atom stereocenters. The van der Waals surface area contributed by atoms with Gasteiger partial charge in [-0.3, -0.25) is 0 Å². The van der Waals surface area contributed by atoms with E-state index >= 15 is 0 Å². The van der Waals surface area contributed by atoms with Crippen LogP contribution in [0.3, 0.4) is 0 Å². The fourth-order valence-corrected chi connectivity index (χ4v) is 1.88. The van der Waals surface area contributed by atoms with Crippen molar-refractivity contribution in [2.75, 3.05) is 0 Å². The van der Waals surface area contributed by atoms with Crippen molar-refractivity contribution in [2.24, 2.45) is 7.05 Å². The Hall–Kier alpha value is -1.55. The molecule has 5 heteroatoms. The van der Waals surface area contributed by atoms with Crippen LogP contribution >= 0.6 is 11.6 Å². The van der Waals surface area contributed by atoms with Gasteiger partial charge in [0.15, 0.2) is 0 Å². The summed E-state index contributed by atoms with van der Waals surface area (Å²) in [6, 6.07) is 5.82. The van der Waals surface area contributed by atoms with E-state index in [4.69, 9.17) is 16.3 Å². The molecule has 0 fully saturated rings. The molecule has 0 saturated heterocycles. The largest absolute Gasteiger partial charge is 0.439 e. The van der Waals surface area contributed by atoms with E-state index in [0.717, 1.165) is 11.3 Å². The molecule has 17 heavy (non-hydrogen) atoms. The number of aromatic nitrogens is 2. The van der Waals surface area contributed by atoms with Gasteiger partial charge in [-0.05, 0) is 31.2 Å². The van der Waals surface area contributed by atoms with Gasteiger partial charge in [-0.1, -0.05) is 0 Å². The number of hydrogen-bond donors (Lipinski definition) is 0. The molecule has 0 N–H and O–H groups in total. The summed E-state index contributed by atoms with van der Waals surface area (Å²) in [4.78, 5) is 0. The minimum atomic E-state index is -0.295. The number of halogens is 2. The van der Waals surface area contributed by atoms with Crippen molar-refractivity contribution < 1.29 is 9.13 Å². The fraction of sp³-hybridized carbons (Fsp3) is 0.250. The van der Waals surface area contributed by atoms with Crippen molar-refractivity contribution in [3.8, 4) is 11.6 Å². The van der Waals surface area contributed by atoms with Crippen molar-refractivity contribution in [1.82, 2.24) is 9.78 Å². The first-order chi connectivity index (χ1) is 8.11. The van der Waals surface area contributed by atoms with Crippen LogP contribution in [0.2, 0.25) is 0 Å². The van der Waals surface area contributed by atoms with Crippen LogP contribution in [0.25, 0.3) is 0 Å². The molecule has 1 aromatic carbocycles. The monoisotopic (exact) mass is 254 g/mol. The normalized spacial score (nSPS) is 10.6. The van der Waals surface area contributed by atoms with E-state index in [1.54, 1.807) is 23.9 Å². The minimum absolute atomic E-state index is 0.295. The quantitative estimate of drug-likeness (QED) is 0.785. The summed E-state index contributed by atoms with van der Waals surface area (Å²) in [5.41, 5.74) is 1.68. The summed E-state index contributed by atoms with van der Waals surface area (Å²) in [5, 5.41) is 4.23. The average molecular weight is 255 g/mol. The van der Waals surface area contributed by atoms with Crippen LogP contribution in [0.5, 0.6) is 11.6 Å². The Morgan fingerprint density at radius 3 is 2.59 bits per heavy atom. The Bertz CT molecular complexity index is 522. The van der Waals surface area contributed by atoms with Crippen LogP contribution in [-0.2, 0) is 12.9 Å². The summed E-state index contributed by atoms with van der Waals surface area (Å²) in [6.07, 6.45) is 0. The number of benzene rings is 1. The smallest absolute Gasteiger partial charge is 0.222 e. The third-order valence-corrected chi connectivity index (χ3v) is 2.72. The van der Waals surface area contributed by atoms with Gasteiger partial charge in [-0.2, -0.15) is 5.10 Å². The Morgan fingerprint density at radius 2 is 2.00 bits per heavy atom. The van der Waals surface area contributed by atoms with Gasteiger partial charge in [0.25, 0.3) is 0 Å². The Labute approximate surface area is 104 Å². The molecule has 0 aliphatic carbocycles. The van der Waals surface area contributed by atoms with Crippen LogP contribution in [0.15, 0.2) is 24.3 Å². The summed E-state index contributed by atoms with van der Waals surface area (Å²) < 4.78 is 20.0. The highest BCUT2D eigenvalue weighted by atomic mass is 35.5. The highest BCUT2D eigenvalue weighted by Crippen LogP contribution is 2.28. The van der Waals surface area contributed by atoms with Crippen LogP contribution in [-0.4, -0.2) is 9.78 Å². The molecule has 0 spiro atoms. The molecule has 0 radical (unpaired) electrons. The lowest BCUT2D eigenvalue weighted by atomic mass is 10.3. The van der Waals surface area contributed by atoms with Crippen molar-refractivity contribution in [1.29, 1.82) is 0 Å². The van der Waals surface area contributed by atoms with Crippen molar-refractivity contribution in [3.63, 3.8) is 0 Å². The molecule has 0 aliphatic rings. The lowest BCUT2D eigenvalue weighted by molar-refractivity contribution is 0.426. The molecule has 3 nitrogen and oxygen atoms in total. The Kier molecular flexibility index (Phi) is 3.33. The van der Waals surface area contributed by atoms with E-state index in [-0.39, 0.29) is 5.82 Å². The molecule has 0 saturated carbocycles. The zero-order valence-electron chi connectivity index (χ0n) is 9.58. The van der Waals surface area contributed by atoms with E-state index in [9.17, 15) is 4.39 Å². The number of alkyl halides is 1. The van der Waals surface area contributed by atoms with Crippen LogP contribution in [0, 0.1) is 12.7 Å². The Balaban J connectivity index is 2.32. The van der Waals surface area contributed by atoms with Crippen molar-refractivity contribution in [2.45, 2.75) is 12.8 Å². The SMILES string of the molecule is Cc1nn(C)c(Oc2ccc(F)cc2)c1CCl. The number of aryl methyl sites for hydroxylation is 2. The van der Waals surface area contributed by atoms with Crippen LogP contribution < -0.4 is 4.74 Å². The van der Waals surface area contributed by atoms with Gasteiger partial charge in [0.2, 0.25) is 5.88 Å². The van der Waals surface area contributed by atoms with E-state index < -0.39 is 0 Å². The molecule has 0 aliphatic heterocycles. The van der Waals surface area contributed by atoms with Gasteiger partial charge in [-0.25, -0.2) is 9.07 Å². The predicted molar refractivity (Wildman–Crippen MR) is 64.0 cm³/mol. The molecule has 90 valence electrons. The molecule has 1 aromatic heterocycles. The molecule has 0 amide bonds. The summed E-state index contributed by atoms with van der Waals surface area (Å²) in [6.45, 7) is 1.87. The average Bonchev–Trinajstić information content (AvgIpc) is 2.57. The van der Waals surface area contributed by atoms with Crippen molar-refractivity contribution >= 4 is 11.6 Å². The maximum absolute atomic E-state index is 12.8. The molecular formula is C12H12ClFN2O. The van der Waals surface area contributed by atoms with E-state index in [2.05, 4.69) is 5.10 Å². The van der Waals surface area contributed by atoms with Crippen LogP contribution in [0.4, 0.5) is 4.39 Å². The first-order valence-corrected chi connectivity index (χ1v) is 5.67. The lowest BCUT2D eigenvalue weighted by Gasteiger charge is -2.07. The number of hydrogen-bond acceptors (Lipinski definition) is 2. The number of rotatable bonds is 3. The molecule has 2 rings (SSSR count). The highest BCUT2D eigenvalue weighted by molar-refractivity contribution is 6.17. The molecule has 1 heterocycles. The zero-order valence-corrected chi connectivity index (χ0v) is 10.3. The maximum atomic E-state index is 12.8. The molecule has 0 unspecified atom stereocenters. The van der Waals surface area contributed by atoms with E-state index in [1.807, 2.05) is 6.92 Å². The second kappa shape index (κ2) is 4.75. The second-order valence-corrected chi connectivity index (χ2v) is 3.95. The molecule has 0 bridgehead atoms. The van der Waals surface area contributed by atoms with Gasteiger partial charge < -0.3 is 4.74 Å². The summed E-state index contributed by atoms with van der Waals surface area (Å²) in [5.74, 6) is 1.18. The predicted octanol–water partition coefficient (Wildman–Crippen LogP) is 3.40. The highest BCUT2D eigenvalue weighted by Gasteiger charge is 2.14. The fourth-order valence-electron chi connectivity index (χ4n) is 1.58. The van der Waals surface area contributed by atoms with Gasteiger partial charge >= 0.3 is 0 Å². The van der Waals surface area contributed by atoms with Gasteiger partial charge in [0.05, 0.1) is 17.1 Å². The van der Waals surface area contributed by atoms with Gasteiger partial charge in [0, 0.05) is 7.05 Å². The molecular weight excluding hydrogens is 243 g/mol. The zero-order chi connectivity index (χ0) is 12.4. The van der Waals surface area contributed by atoms with Crippen LogP contribution in [0.1, 0.15) is 11.3 Å². The minimum Gasteiger partial charge on any atom is -0.439 e. The van der Waals surface area contributed by atoms with E-state index in [1.165, 1.54) is 12.1 Å². The van der Waals surface area contributed by atoms with Gasteiger partial charge in [-0.15, -0.1) is 11.6 Å². The van der Waals surface area contributed by atoms with E-state index in [0.29, 0.717) is 17.5 Å². The van der Waals surface area contributed by atoms with Crippen molar-refractivity contribution in [3.05, 3.63) is 41.3 Å². The lowest BCUT2D eigenvalue weighted by Crippen LogP contribution is -1.96. The molecule has 2 aromatic rings. The Morgan fingerprint density at radius 1 is 1.35 bits per heavy atom. The maximum Gasteiger partial charge on any atom is 0.222 e. The van der Waals surface area contributed by atoms with Gasteiger partial charge in [0.1, 0.15) is 11.6 Å². The number of nitrogens with zero attached hydrogens (tertiary/aromatic N) is 2. The standard InChI is InChI=1S/C12H12ClFN2O/c1-8-11(7-13)12(16(2)15-8)17-10-5-3-9(14)4-6-10/h3-6H,7H2,1-2H3. The third kappa shape index (κ3) is 2.42. The number of ether oxygens (including phenoxy) is 1.